The van der Waals surface area contributed by atoms with E-state index in [2.05, 4.69) is 0 Å². The number of rotatable bonds is 4. The van der Waals surface area contributed by atoms with Gasteiger partial charge in [-0.3, -0.25) is 9.59 Å². The van der Waals surface area contributed by atoms with Gasteiger partial charge in [0.05, 0.1) is 12.0 Å². The lowest BCUT2D eigenvalue weighted by atomic mass is 10.0. The van der Waals surface area contributed by atoms with Crippen molar-refractivity contribution in [2.75, 3.05) is 6.54 Å². The Kier molecular flexibility index (Phi) is 5.00. The van der Waals surface area contributed by atoms with Crippen molar-refractivity contribution in [1.82, 2.24) is 4.90 Å². The molecule has 0 aliphatic rings. The second-order valence-electron chi connectivity index (χ2n) is 5.43. The lowest BCUT2D eigenvalue weighted by molar-refractivity contribution is -0.137. The van der Waals surface area contributed by atoms with E-state index in [1.54, 1.807) is 20.8 Å². The lowest BCUT2D eigenvalue weighted by Gasteiger charge is -2.35. The third kappa shape index (κ3) is 4.13. The summed E-state index contributed by atoms with van der Waals surface area (Å²) >= 11 is 5.73. The summed E-state index contributed by atoms with van der Waals surface area (Å²) in [6, 6.07) is 4.22. The zero-order valence-electron chi connectivity index (χ0n) is 11.7. The summed E-state index contributed by atoms with van der Waals surface area (Å²) < 4.78 is 0. The van der Waals surface area contributed by atoms with Crippen LogP contribution in [-0.2, 0) is 4.79 Å². The van der Waals surface area contributed by atoms with Gasteiger partial charge in [-0.2, -0.15) is 0 Å². The number of carboxylic acid groups (broad SMARTS) is 1. The Morgan fingerprint density at radius 2 is 1.90 bits per heavy atom. The number of carboxylic acids is 1. The van der Waals surface area contributed by atoms with E-state index in [1.165, 1.54) is 23.1 Å². The predicted molar refractivity (Wildman–Crippen MR) is 76.2 cm³/mol. The van der Waals surface area contributed by atoms with Gasteiger partial charge in [0.1, 0.15) is 5.75 Å². The normalized spacial score (nSPS) is 11.2. The second-order valence-corrected chi connectivity index (χ2v) is 5.87. The maximum absolute atomic E-state index is 12.5. The average molecular weight is 300 g/mol. The van der Waals surface area contributed by atoms with Gasteiger partial charge in [-0.15, -0.1) is 0 Å². The van der Waals surface area contributed by atoms with Crippen LogP contribution >= 0.6 is 11.6 Å². The number of hydrogen-bond donors (Lipinski definition) is 2. The third-order valence-electron chi connectivity index (χ3n) is 2.79. The van der Waals surface area contributed by atoms with Crippen LogP contribution in [0.4, 0.5) is 0 Å². The molecule has 1 aromatic carbocycles. The first-order valence-electron chi connectivity index (χ1n) is 6.15. The number of hydrogen-bond acceptors (Lipinski definition) is 3. The van der Waals surface area contributed by atoms with Gasteiger partial charge < -0.3 is 15.1 Å². The van der Waals surface area contributed by atoms with Crippen LogP contribution in [0.25, 0.3) is 0 Å². The van der Waals surface area contributed by atoms with Crippen LogP contribution in [0.15, 0.2) is 18.2 Å². The molecule has 2 N–H and O–H groups in total. The van der Waals surface area contributed by atoms with Crippen molar-refractivity contribution in [1.29, 1.82) is 0 Å². The van der Waals surface area contributed by atoms with Crippen LogP contribution in [0.5, 0.6) is 5.75 Å². The highest BCUT2D eigenvalue weighted by molar-refractivity contribution is 6.30. The number of nitrogens with zero attached hydrogens (tertiary/aromatic N) is 1. The summed E-state index contributed by atoms with van der Waals surface area (Å²) in [7, 11) is 0. The van der Waals surface area contributed by atoms with Crippen molar-refractivity contribution < 1.29 is 19.8 Å². The van der Waals surface area contributed by atoms with Crippen LogP contribution in [0.3, 0.4) is 0 Å². The van der Waals surface area contributed by atoms with E-state index in [4.69, 9.17) is 16.7 Å². The molecule has 0 fully saturated rings. The summed E-state index contributed by atoms with van der Waals surface area (Å²) in [6.07, 6.45) is -0.155. The Balaban J connectivity index is 3.07. The molecule has 0 spiro atoms. The molecule has 110 valence electrons. The highest BCUT2D eigenvalue weighted by Crippen LogP contribution is 2.26. The Hall–Kier alpha value is -1.75. The molecule has 0 aromatic heterocycles. The molecule has 20 heavy (non-hydrogen) atoms. The van der Waals surface area contributed by atoms with Crippen molar-refractivity contribution in [3.63, 3.8) is 0 Å². The van der Waals surface area contributed by atoms with E-state index in [0.717, 1.165) is 0 Å². The highest BCUT2D eigenvalue weighted by atomic mass is 35.5. The van der Waals surface area contributed by atoms with E-state index in [9.17, 15) is 14.7 Å². The van der Waals surface area contributed by atoms with Crippen LogP contribution in [0.1, 0.15) is 37.6 Å². The summed E-state index contributed by atoms with van der Waals surface area (Å²) in [5, 5.41) is 18.9. The molecule has 0 aliphatic carbocycles. The smallest absolute Gasteiger partial charge is 0.305 e. The van der Waals surface area contributed by atoms with E-state index in [1.807, 2.05) is 0 Å². The minimum absolute atomic E-state index is 0.0692. The number of carbonyl (C=O) groups excluding carboxylic acids is 1. The van der Waals surface area contributed by atoms with Gasteiger partial charge in [0.25, 0.3) is 5.91 Å². The molecule has 0 saturated carbocycles. The summed E-state index contributed by atoms with van der Waals surface area (Å²) in [4.78, 5) is 24.6. The minimum Gasteiger partial charge on any atom is -0.507 e. The van der Waals surface area contributed by atoms with E-state index < -0.39 is 17.4 Å². The Morgan fingerprint density at radius 1 is 1.30 bits per heavy atom. The molecule has 5 nitrogen and oxygen atoms in total. The molecule has 0 aliphatic heterocycles. The van der Waals surface area contributed by atoms with Gasteiger partial charge in [0, 0.05) is 17.1 Å². The summed E-state index contributed by atoms with van der Waals surface area (Å²) in [5.41, 5.74) is -0.451. The van der Waals surface area contributed by atoms with Crippen LogP contribution < -0.4 is 0 Å². The Labute approximate surface area is 122 Å². The van der Waals surface area contributed by atoms with Gasteiger partial charge in [-0.05, 0) is 39.0 Å². The highest BCUT2D eigenvalue weighted by Gasteiger charge is 2.29. The molecule has 0 atom stereocenters. The predicted octanol–water partition coefficient (Wildman–Crippen LogP) is 2.76. The number of carbonyl (C=O) groups is 2. The zero-order chi connectivity index (χ0) is 15.5. The molecular weight excluding hydrogens is 282 g/mol. The fourth-order valence-corrected chi connectivity index (χ4v) is 1.95. The minimum atomic E-state index is -0.979. The quantitative estimate of drug-likeness (QED) is 0.896. The van der Waals surface area contributed by atoms with Gasteiger partial charge in [-0.25, -0.2) is 0 Å². The van der Waals surface area contributed by atoms with Crippen molar-refractivity contribution in [3.05, 3.63) is 28.8 Å². The molecular formula is C14H18ClNO4. The molecule has 0 bridgehead atoms. The largest absolute Gasteiger partial charge is 0.507 e. The monoisotopic (exact) mass is 299 g/mol. The molecule has 1 amide bonds. The SMILES string of the molecule is CC(C)(C)N(CCC(=O)O)C(=O)c1ccc(Cl)cc1O. The van der Waals surface area contributed by atoms with E-state index >= 15 is 0 Å². The first-order valence-corrected chi connectivity index (χ1v) is 6.53. The summed E-state index contributed by atoms with van der Waals surface area (Å²) in [6.45, 7) is 5.49. The number of amides is 1. The fourth-order valence-electron chi connectivity index (χ4n) is 1.78. The maximum Gasteiger partial charge on any atom is 0.305 e. The number of halogens is 1. The second kappa shape index (κ2) is 6.13. The van der Waals surface area contributed by atoms with Gasteiger partial charge in [0.15, 0.2) is 0 Å². The van der Waals surface area contributed by atoms with Crippen molar-refractivity contribution >= 4 is 23.5 Å². The summed E-state index contributed by atoms with van der Waals surface area (Å²) in [5.74, 6) is -1.62. The molecule has 1 aromatic rings. The number of phenolic OH excluding ortho intramolecular Hbond substituents is 1. The number of phenols is 1. The number of benzene rings is 1. The van der Waals surface area contributed by atoms with Gasteiger partial charge in [-0.1, -0.05) is 11.6 Å². The van der Waals surface area contributed by atoms with E-state index in [0.29, 0.717) is 5.02 Å². The van der Waals surface area contributed by atoms with Crippen molar-refractivity contribution in [3.8, 4) is 5.75 Å². The lowest BCUT2D eigenvalue weighted by Crippen LogP contribution is -2.46. The molecule has 0 saturated heterocycles. The first-order chi connectivity index (χ1) is 9.12. The van der Waals surface area contributed by atoms with Crippen LogP contribution in [-0.4, -0.2) is 39.1 Å². The maximum atomic E-state index is 12.5. The Bertz CT molecular complexity index is 522. The third-order valence-corrected chi connectivity index (χ3v) is 3.03. The van der Waals surface area contributed by atoms with Gasteiger partial charge >= 0.3 is 5.97 Å². The molecule has 0 heterocycles. The topological polar surface area (TPSA) is 77.8 Å². The Morgan fingerprint density at radius 3 is 2.35 bits per heavy atom. The fraction of sp³-hybridized carbons (Fsp3) is 0.429. The van der Waals surface area contributed by atoms with Crippen LogP contribution in [0, 0.1) is 0 Å². The van der Waals surface area contributed by atoms with Crippen molar-refractivity contribution in [2.45, 2.75) is 32.7 Å². The van der Waals surface area contributed by atoms with Crippen LogP contribution in [0.2, 0.25) is 5.02 Å². The average Bonchev–Trinajstić information content (AvgIpc) is 2.26. The number of aromatic hydroxyl groups is 1. The molecule has 0 radical (unpaired) electrons. The first kappa shape index (κ1) is 16.3. The van der Waals surface area contributed by atoms with E-state index in [-0.39, 0.29) is 24.3 Å². The van der Waals surface area contributed by atoms with Crippen molar-refractivity contribution in [2.24, 2.45) is 0 Å². The molecule has 6 heteroatoms. The number of aliphatic carboxylic acids is 1. The molecule has 1 rings (SSSR count). The standard InChI is InChI=1S/C14H18ClNO4/c1-14(2,3)16(7-6-12(18)19)13(20)10-5-4-9(15)8-11(10)17/h4-5,8,17H,6-7H2,1-3H3,(H,18,19). The van der Waals surface area contributed by atoms with Gasteiger partial charge in [0.2, 0.25) is 0 Å². The molecule has 0 unspecified atom stereocenters. The zero-order valence-corrected chi connectivity index (χ0v) is 12.4.